The molecule has 232 valence electrons. The second-order valence-electron chi connectivity index (χ2n) is 14.3. The van der Waals surface area contributed by atoms with Crippen molar-refractivity contribution in [2.24, 2.45) is 34.5 Å². The molecule has 7 aliphatic rings. The summed E-state index contributed by atoms with van der Waals surface area (Å²) in [4.78, 5) is 37.0. The van der Waals surface area contributed by atoms with Crippen LogP contribution in [0.15, 0.2) is 11.6 Å². The highest BCUT2D eigenvalue weighted by molar-refractivity contribution is 5.85. The van der Waals surface area contributed by atoms with Gasteiger partial charge in [-0.15, -0.1) is 0 Å². The Kier molecular flexibility index (Phi) is 6.56. The molecular weight excluding hydrogens is 548 g/mol. The van der Waals surface area contributed by atoms with Gasteiger partial charge < -0.3 is 43.8 Å². The van der Waals surface area contributed by atoms with Gasteiger partial charge in [-0.05, 0) is 68.8 Å². The Balaban J connectivity index is 1.19. The highest BCUT2D eigenvalue weighted by Crippen LogP contribution is 2.70. The topological polar surface area (TPSA) is 158 Å². The maximum Gasteiger partial charge on any atom is 0.331 e. The molecule has 2 saturated heterocycles. The van der Waals surface area contributed by atoms with Crippen molar-refractivity contribution >= 4 is 18.2 Å². The van der Waals surface area contributed by atoms with Gasteiger partial charge in [-0.1, -0.05) is 6.92 Å². The van der Waals surface area contributed by atoms with Crippen molar-refractivity contribution in [1.29, 1.82) is 0 Å². The average Bonchev–Trinajstić information content (AvgIpc) is 3.42. The molecule has 0 spiro atoms. The van der Waals surface area contributed by atoms with E-state index >= 15 is 0 Å². The first-order chi connectivity index (χ1) is 19.8. The van der Waals surface area contributed by atoms with Crippen LogP contribution < -0.4 is 0 Å². The molecule has 4 saturated carbocycles. The lowest BCUT2D eigenvalue weighted by atomic mass is 9.42. The standard InChI is InChI=1S/C31H42O11/c1-15-8-24(40-16(2)33)31(37)27(39-15)41-22-10-18-4-5-20-19(29(18,14-32)12-23(22)42-31)6-7-28(3)26(17-9-25(35)38-13-17)21(34)11-30(20,28)36/h9,14-15,18-24,26-27,34,36-37H,4-8,10-13H2,1-3H3/t15-,18+,19+,20-,21-,22-,23-,24+,26+,27+,28-,29-,30+,31+/m1/s1. The van der Waals surface area contributed by atoms with Crippen molar-refractivity contribution < 1.29 is 53.4 Å². The Hall–Kier alpha value is -1.89. The third-order valence-electron chi connectivity index (χ3n) is 12.4. The molecule has 6 fully saturated rings. The fraction of sp³-hybridized carbons (Fsp3) is 0.839. The summed E-state index contributed by atoms with van der Waals surface area (Å²) in [5, 5.41) is 35.5. The predicted octanol–water partition coefficient (Wildman–Crippen LogP) is 1.54. The molecule has 11 heteroatoms. The van der Waals surface area contributed by atoms with Crippen LogP contribution in [0.25, 0.3) is 0 Å². The summed E-state index contributed by atoms with van der Waals surface area (Å²) >= 11 is 0. The van der Waals surface area contributed by atoms with Gasteiger partial charge in [0.2, 0.25) is 6.29 Å². The number of esters is 2. The largest absolute Gasteiger partial charge is 0.458 e. The minimum Gasteiger partial charge on any atom is -0.458 e. The number of hydrogen-bond donors (Lipinski definition) is 3. The summed E-state index contributed by atoms with van der Waals surface area (Å²) in [6, 6.07) is 0. The van der Waals surface area contributed by atoms with Crippen LogP contribution in [0.3, 0.4) is 0 Å². The van der Waals surface area contributed by atoms with E-state index in [9.17, 15) is 29.7 Å². The third kappa shape index (κ3) is 3.83. The minimum absolute atomic E-state index is 0.00350. The number of aldehydes is 1. The highest BCUT2D eigenvalue weighted by atomic mass is 16.8. The Morgan fingerprint density at radius 2 is 1.88 bits per heavy atom. The average molecular weight is 591 g/mol. The van der Waals surface area contributed by atoms with E-state index in [0.29, 0.717) is 38.5 Å². The van der Waals surface area contributed by atoms with E-state index in [1.807, 2.05) is 13.8 Å². The lowest BCUT2D eigenvalue weighted by molar-refractivity contribution is -0.457. The Morgan fingerprint density at radius 3 is 2.57 bits per heavy atom. The number of carbonyl (C=O) groups is 3. The maximum absolute atomic E-state index is 13.3. The van der Waals surface area contributed by atoms with Crippen molar-refractivity contribution in [1.82, 2.24) is 0 Å². The summed E-state index contributed by atoms with van der Waals surface area (Å²) in [5.41, 5.74) is -2.00. The summed E-state index contributed by atoms with van der Waals surface area (Å²) in [5.74, 6) is -3.77. The number of carbonyl (C=O) groups excluding carboxylic acids is 3. The quantitative estimate of drug-likeness (QED) is 0.249. The van der Waals surface area contributed by atoms with Crippen molar-refractivity contribution in [2.75, 3.05) is 6.61 Å². The number of fused-ring (bicyclic) bond motifs is 7. The molecule has 3 aliphatic heterocycles. The lowest BCUT2D eigenvalue weighted by Gasteiger charge is -2.64. The van der Waals surface area contributed by atoms with Crippen LogP contribution in [-0.2, 0) is 38.1 Å². The van der Waals surface area contributed by atoms with Crippen molar-refractivity contribution in [3.63, 3.8) is 0 Å². The number of aliphatic hydroxyl groups excluding tert-OH is 1. The van der Waals surface area contributed by atoms with Crippen LogP contribution >= 0.6 is 0 Å². The zero-order valence-corrected chi connectivity index (χ0v) is 24.4. The number of hydrogen-bond acceptors (Lipinski definition) is 11. The molecule has 42 heavy (non-hydrogen) atoms. The van der Waals surface area contributed by atoms with Crippen molar-refractivity contribution in [3.8, 4) is 0 Å². The van der Waals surface area contributed by atoms with E-state index < -0.39 is 70.8 Å². The molecule has 14 atom stereocenters. The van der Waals surface area contributed by atoms with Gasteiger partial charge in [0.1, 0.15) is 12.9 Å². The van der Waals surface area contributed by atoms with Crippen LogP contribution in [0.4, 0.5) is 0 Å². The third-order valence-corrected chi connectivity index (χ3v) is 12.4. The number of aliphatic hydroxyl groups is 3. The van der Waals surface area contributed by atoms with E-state index in [2.05, 4.69) is 0 Å². The number of rotatable bonds is 3. The number of ether oxygens (including phenoxy) is 5. The monoisotopic (exact) mass is 590 g/mol. The smallest absolute Gasteiger partial charge is 0.331 e. The predicted molar refractivity (Wildman–Crippen MR) is 142 cm³/mol. The van der Waals surface area contributed by atoms with Gasteiger partial charge >= 0.3 is 11.9 Å². The zero-order chi connectivity index (χ0) is 29.8. The maximum atomic E-state index is 13.3. The lowest BCUT2D eigenvalue weighted by Crippen LogP contribution is -2.71. The summed E-state index contributed by atoms with van der Waals surface area (Å²) in [7, 11) is 0. The van der Waals surface area contributed by atoms with Gasteiger partial charge in [0.05, 0.1) is 30.0 Å². The van der Waals surface area contributed by atoms with Gasteiger partial charge in [0.15, 0.2) is 6.10 Å². The molecule has 3 N–H and O–H groups in total. The first kappa shape index (κ1) is 28.9. The van der Waals surface area contributed by atoms with Crippen LogP contribution in [0.5, 0.6) is 0 Å². The van der Waals surface area contributed by atoms with Crippen LogP contribution in [0.2, 0.25) is 0 Å². The summed E-state index contributed by atoms with van der Waals surface area (Å²) in [6.07, 6.45) is 2.13. The molecule has 0 bridgehead atoms. The molecule has 0 radical (unpaired) electrons. The fourth-order valence-electron chi connectivity index (χ4n) is 10.6. The second-order valence-corrected chi connectivity index (χ2v) is 14.3. The van der Waals surface area contributed by atoms with E-state index in [0.717, 1.165) is 11.9 Å². The Labute approximate surface area is 244 Å². The molecule has 0 amide bonds. The molecule has 7 rings (SSSR count). The molecule has 4 aliphatic carbocycles. The van der Waals surface area contributed by atoms with E-state index in [1.54, 1.807) is 0 Å². The molecule has 0 aromatic heterocycles. The first-order valence-electron chi connectivity index (χ1n) is 15.5. The Bertz CT molecular complexity index is 1200. The van der Waals surface area contributed by atoms with E-state index in [4.69, 9.17) is 23.7 Å². The van der Waals surface area contributed by atoms with Crippen molar-refractivity contribution in [3.05, 3.63) is 11.6 Å². The molecular formula is C31H42O11. The van der Waals surface area contributed by atoms with Gasteiger partial charge in [-0.2, -0.15) is 0 Å². The minimum atomic E-state index is -2.01. The molecule has 0 aromatic rings. The molecule has 0 unspecified atom stereocenters. The van der Waals surface area contributed by atoms with Gasteiger partial charge in [0, 0.05) is 42.6 Å². The van der Waals surface area contributed by atoms with Crippen LogP contribution in [0.1, 0.15) is 72.1 Å². The van der Waals surface area contributed by atoms with E-state index in [1.165, 1.54) is 13.0 Å². The summed E-state index contributed by atoms with van der Waals surface area (Å²) < 4.78 is 29.2. The highest BCUT2D eigenvalue weighted by Gasteiger charge is 2.72. The van der Waals surface area contributed by atoms with Crippen LogP contribution in [0, 0.1) is 34.5 Å². The van der Waals surface area contributed by atoms with Gasteiger partial charge in [-0.25, -0.2) is 4.79 Å². The SMILES string of the molecule is CC(=O)O[C@H]1C[C@@H](C)O[C@H]2O[C@@H]3C[C@@H]4CC[C@@H]5[C@H](CC[C@]6(C)[C@@H](C7=CC(=O)OC7)[C@H](O)C[C@]56O)[C@@]4(C=O)C[C@H]3O[C@]21O. The summed E-state index contributed by atoms with van der Waals surface area (Å²) in [6.45, 7) is 5.24. The first-order valence-corrected chi connectivity index (χ1v) is 15.5. The molecule has 11 nitrogen and oxygen atoms in total. The second kappa shape index (κ2) is 9.55. The number of cyclic esters (lactones) is 1. The molecule has 0 aromatic carbocycles. The molecule has 3 heterocycles. The zero-order valence-electron chi connectivity index (χ0n) is 24.4. The van der Waals surface area contributed by atoms with Crippen molar-refractivity contribution in [2.45, 2.75) is 120 Å². The van der Waals surface area contributed by atoms with Gasteiger partial charge in [-0.3, -0.25) is 4.79 Å². The van der Waals surface area contributed by atoms with E-state index in [-0.39, 0.29) is 43.3 Å². The van der Waals surface area contributed by atoms with Gasteiger partial charge in [0.25, 0.3) is 5.79 Å². The normalized spacial score (nSPS) is 54.7. The fourth-order valence-corrected chi connectivity index (χ4v) is 10.6. The Morgan fingerprint density at radius 1 is 1.10 bits per heavy atom. The van der Waals surface area contributed by atoms with Crippen LogP contribution in [-0.4, -0.2) is 88.3 Å².